The highest BCUT2D eigenvalue weighted by molar-refractivity contribution is 5.79. The van der Waals surface area contributed by atoms with Crippen molar-refractivity contribution in [2.75, 3.05) is 0 Å². The highest BCUT2D eigenvalue weighted by Crippen LogP contribution is 2.24. The second-order valence-electron chi connectivity index (χ2n) is 5.10. The Labute approximate surface area is 117 Å². The Morgan fingerprint density at radius 2 is 2.00 bits per heavy atom. The summed E-state index contributed by atoms with van der Waals surface area (Å²) in [6, 6.07) is 8.00. The molecular weight excluding hydrogens is 252 g/mol. The summed E-state index contributed by atoms with van der Waals surface area (Å²) in [5, 5.41) is 8.56. The molecule has 2 heterocycles. The van der Waals surface area contributed by atoms with Crippen LogP contribution in [0.1, 0.15) is 33.0 Å². The Balaban J connectivity index is 2.33. The van der Waals surface area contributed by atoms with Crippen LogP contribution < -0.4 is 4.74 Å². The highest BCUT2D eigenvalue weighted by Gasteiger charge is 2.16. The van der Waals surface area contributed by atoms with Crippen LogP contribution >= 0.6 is 0 Å². The molecule has 1 aromatic carbocycles. The molecule has 0 radical (unpaired) electrons. The van der Waals surface area contributed by atoms with Gasteiger partial charge in [-0.25, -0.2) is 4.98 Å². The van der Waals surface area contributed by atoms with Crippen molar-refractivity contribution in [3.05, 3.63) is 30.1 Å². The van der Waals surface area contributed by atoms with Gasteiger partial charge in [0.2, 0.25) is 5.65 Å². The number of nitrogens with zero attached hydrogens (tertiary/aromatic N) is 4. The van der Waals surface area contributed by atoms with E-state index in [1.54, 1.807) is 0 Å². The summed E-state index contributed by atoms with van der Waals surface area (Å²) < 4.78 is 7.85. The Hall–Kier alpha value is -2.17. The number of hydrogen-bond acceptors (Lipinski definition) is 4. The quantitative estimate of drug-likeness (QED) is 0.731. The maximum Gasteiger partial charge on any atom is 0.261 e. The van der Waals surface area contributed by atoms with E-state index in [-0.39, 0.29) is 6.10 Å². The third kappa shape index (κ3) is 2.09. The van der Waals surface area contributed by atoms with Crippen molar-refractivity contribution in [3.8, 4) is 5.88 Å². The van der Waals surface area contributed by atoms with Crippen molar-refractivity contribution in [2.24, 2.45) is 0 Å². The molecule has 0 saturated carbocycles. The van der Waals surface area contributed by atoms with Gasteiger partial charge in [0.05, 0.1) is 17.1 Å². The van der Waals surface area contributed by atoms with Crippen LogP contribution in [-0.2, 0) is 6.42 Å². The van der Waals surface area contributed by atoms with Crippen molar-refractivity contribution in [1.29, 1.82) is 0 Å². The SMILES string of the molecule is CCCc1nnc2c(OC(C)C)nc3ccccc3n12. The van der Waals surface area contributed by atoms with E-state index in [2.05, 4.69) is 26.5 Å². The van der Waals surface area contributed by atoms with E-state index in [4.69, 9.17) is 4.74 Å². The Morgan fingerprint density at radius 1 is 1.20 bits per heavy atom. The molecule has 0 bridgehead atoms. The lowest BCUT2D eigenvalue weighted by Gasteiger charge is -2.11. The zero-order valence-electron chi connectivity index (χ0n) is 12.0. The molecule has 0 amide bonds. The van der Waals surface area contributed by atoms with Gasteiger partial charge in [0, 0.05) is 6.42 Å². The van der Waals surface area contributed by atoms with Crippen LogP contribution in [0.5, 0.6) is 5.88 Å². The molecule has 0 atom stereocenters. The lowest BCUT2D eigenvalue weighted by atomic mass is 10.2. The highest BCUT2D eigenvalue weighted by atomic mass is 16.5. The molecule has 2 aromatic heterocycles. The van der Waals surface area contributed by atoms with Gasteiger partial charge in [0.25, 0.3) is 5.88 Å². The molecule has 3 rings (SSSR count). The smallest absolute Gasteiger partial charge is 0.261 e. The Morgan fingerprint density at radius 3 is 2.75 bits per heavy atom. The molecule has 0 spiro atoms. The molecule has 5 heteroatoms. The maximum atomic E-state index is 5.79. The average Bonchev–Trinajstić information content (AvgIpc) is 2.83. The van der Waals surface area contributed by atoms with E-state index in [1.165, 1.54) is 0 Å². The fraction of sp³-hybridized carbons (Fsp3) is 0.400. The van der Waals surface area contributed by atoms with Gasteiger partial charge in [-0.05, 0) is 32.4 Å². The number of rotatable bonds is 4. The standard InChI is InChI=1S/C15H18N4O/c1-4-7-13-17-18-14-15(20-10(2)3)16-11-8-5-6-9-12(11)19(13)14/h5-6,8-10H,4,7H2,1-3H3. The van der Waals surface area contributed by atoms with Crippen molar-refractivity contribution < 1.29 is 4.74 Å². The largest absolute Gasteiger partial charge is 0.472 e. The second-order valence-corrected chi connectivity index (χ2v) is 5.10. The van der Waals surface area contributed by atoms with Crippen molar-refractivity contribution in [3.63, 3.8) is 0 Å². The number of aryl methyl sites for hydroxylation is 1. The summed E-state index contributed by atoms with van der Waals surface area (Å²) in [5.41, 5.74) is 2.61. The molecule has 0 N–H and O–H groups in total. The van der Waals surface area contributed by atoms with Gasteiger partial charge in [0.15, 0.2) is 0 Å². The fourth-order valence-corrected chi connectivity index (χ4v) is 2.30. The first kappa shape index (κ1) is 12.8. The van der Waals surface area contributed by atoms with Crippen LogP contribution in [0.4, 0.5) is 0 Å². The molecule has 0 fully saturated rings. The number of fused-ring (bicyclic) bond motifs is 3. The van der Waals surface area contributed by atoms with Gasteiger partial charge in [-0.15, -0.1) is 10.2 Å². The summed E-state index contributed by atoms with van der Waals surface area (Å²) in [6.45, 7) is 6.10. The van der Waals surface area contributed by atoms with E-state index in [1.807, 2.05) is 38.1 Å². The lowest BCUT2D eigenvalue weighted by Crippen LogP contribution is -2.09. The zero-order chi connectivity index (χ0) is 14.1. The predicted octanol–water partition coefficient (Wildman–Crippen LogP) is 3.02. The molecule has 0 unspecified atom stereocenters. The summed E-state index contributed by atoms with van der Waals surface area (Å²) in [6.07, 6.45) is 1.97. The first-order chi connectivity index (χ1) is 9.70. The minimum atomic E-state index is 0.0544. The van der Waals surface area contributed by atoms with Gasteiger partial charge in [-0.3, -0.25) is 4.40 Å². The topological polar surface area (TPSA) is 52.3 Å². The molecule has 104 valence electrons. The van der Waals surface area contributed by atoms with E-state index >= 15 is 0 Å². The maximum absolute atomic E-state index is 5.79. The van der Waals surface area contributed by atoms with Crippen molar-refractivity contribution in [1.82, 2.24) is 19.6 Å². The molecule has 0 saturated heterocycles. The zero-order valence-corrected chi connectivity index (χ0v) is 12.0. The minimum Gasteiger partial charge on any atom is -0.472 e. The summed E-state index contributed by atoms with van der Waals surface area (Å²) in [7, 11) is 0. The van der Waals surface area contributed by atoms with Crippen LogP contribution in [-0.4, -0.2) is 25.7 Å². The molecule has 20 heavy (non-hydrogen) atoms. The number of para-hydroxylation sites is 2. The predicted molar refractivity (Wildman–Crippen MR) is 78.0 cm³/mol. The monoisotopic (exact) mass is 270 g/mol. The van der Waals surface area contributed by atoms with Gasteiger partial charge >= 0.3 is 0 Å². The van der Waals surface area contributed by atoms with Gasteiger partial charge in [-0.1, -0.05) is 19.1 Å². The Bertz CT molecular complexity index is 748. The summed E-state index contributed by atoms with van der Waals surface area (Å²) in [5.74, 6) is 1.50. The van der Waals surface area contributed by atoms with Crippen molar-refractivity contribution in [2.45, 2.75) is 39.7 Å². The van der Waals surface area contributed by atoms with Crippen molar-refractivity contribution >= 4 is 16.7 Å². The number of ether oxygens (including phenoxy) is 1. The van der Waals surface area contributed by atoms with Crippen LogP contribution in [0.25, 0.3) is 16.7 Å². The van der Waals surface area contributed by atoms with Crippen LogP contribution in [0.3, 0.4) is 0 Å². The van der Waals surface area contributed by atoms with E-state index in [0.717, 1.165) is 29.7 Å². The Kier molecular flexibility index (Phi) is 3.26. The van der Waals surface area contributed by atoms with Crippen LogP contribution in [0.2, 0.25) is 0 Å². The van der Waals surface area contributed by atoms with E-state index in [9.17, 15) is 0 Å². The van der Waals surface area contributed by atoms with Crippen LogP contribution in [0, 0.1) is 0 Å². The number of benzene rings is 1. The normalized spacial score (nSPS) is 11.6. The minimum absolute atomic E-state index is 0.0544. The lowest BCUT2D eigenvalue weighted by molar-refractivity contribution is 0.235. The molecule has 0 aliphatic heterocycles. The summed E-state index contributed by atoms with van der Waals surface area (Å²) in [4.78, 5) is 4.57. The summed E-state index contributed by atoms with van der Waals surface area (Å²) >= 11 is 0. The van der Waals surface area contributed by atoms with Gasteiger partial charge in [-0.2, -0.15) is 0 Å². The molecule has 0 aliphatic carbocycles. The second kappa shape index (κ2) is 5.07. The molecule has 3 aromatic rings. The number of aromatic nitrogens is 4. The third-order valence-electron chi connectivity index (χ3n) is 3.09. The third-order valence-corrected chi connectivity index (χ3v) is 3.09. The molecule has 0 aliphatic rings. The fourth-order valence-electron chi connectivity index (χ4n) is 2.30. The van der Waals surface area contributed by atoms with E-state index in [0.29, 0.717) is 11.5 Å². The molecule has 5 nitrogen and oxygen atoms in total. The van der Waals surface area contributed by atoms with E-state index < -0.39 is 0 Å². The van der Waals surface area contributed by atoms with Crippen LogP contribution in [0.15, 0.2) is 24.3 Å². The molecular formula is C15H18N4O. The van der Waals surface area contributed by atoms with Gasteiger partial charge in [0.1, 0.15) is 5.82 Å². The number of hydrogen-bond donors (Lipinski definition) is 0. The first-order valence-electron chi connectivity index (χ1n) is 7.00. The first-order valence-corrected chi connectivity index (χ1v) is 7.00. The average molecular weight is 270 g/mol. The van der Waals surface area contributed by atoms with Gasteiger partial charge < -0.3 is 4.74 Å².